The van der Waals surface area contributed by atoms with Crippen LogP contribution in [0.1, 0.15) is 20.8 Å². The fraction of sp³-hybridized carbons (Fsp3) is 0.750. The summed E-state index contributed by atoms with van der Waals surface area (Å²) >= 11 is 0. The molecular weight excluding hydrogens is 110 g/mol. The van der Waals surface area contributed by atoms with Crippen LogP contribution in [0.25, 0.3) is 0 Å². The van der Waals surface area contributed by atoms with Crippen LogP contribution in [-0.2, 0) is 0 Å². The Bertz CT molecular complexity index is 105. The summed E-state index contributed by atoms with van der Waals surface area (Å²) in [6, 6.07) is 0. The third kappa shape index (κ3) is 7.52. The molecule has 0 heterocycles. The van der Waals surface area contributed by atoms with E-state index in [0.717, 1.165) is 13.1 Å². The SMILES string of the molecule is CCNCC#CC(C)C. The average molecular weight is 125 g/mol. The maximum absolute atomic E-state index is 3.13. The first-order valence-electron chi connectivity index (χ1n) is 3.46. The van der Waals surface area contributed by atoms with Crippen LogP contribution in [0.15, 0.2) is 0 Å². The van der Waals surface area contributed by atoms with Gasteiger partial charge in [-0.3, -0.25) is 0 Å². The second kappa shape index (κ2) is 5.65. The molecule has 0 saturated heterocycles. The van der Waals surface area contributed by atoms with Gasteiger partial charge in [-0.15, -0.1) is 0 Å². The number of hydrogen-bond donors (Lipinski definition) is 1. The number of nitrogens with one attached hydrogen (secondary N) is 1. The Hall–Kier alpha value is -0.480. The van der Waals surface area contributed by atoms with Crippen LogP contribution in [0.5, 0.6) is 0 Å². The second-order valence-corrected chi connectivity index (χ2v) is 2.26. The van der Waals surface area contributed by atoms with Gasteiger partial charge < -0.3 is 5.32 Å². The smallest absolute Gasteiger partial charge is 0.0576 e. The van der Waals surface area contributed by atoms with Crippen molar-refractivity contribution < 1.29 is 0 Å². The maximum atomic E-state index is 3.13. The molecule has 0 aromatic rings. The first-order chi connectivity index (χ1) is 4.27. The van der Waals surface area contributed by atoms with Gasteiger partial charge in [0.2, 0.25) is 0 Å². The molecule has 0 aromatic carbocycles. The molecule has 0 aliphatic rings. The Kier molecular flexibility index (Phi) is 5.35. The quantitative estimate of drug-likeness (QED) is 0.432. The van der Waals surface area contributed by atoms with Gasteiger partial charge in [0.15, 0.2) is 0 Å². The molecule has 0 saturated carbocycles. The minimum atomic E-state index is 0.503. The lowest BCUT2D eigenvalue weighted by Crippen LogP contribution is -2.12. The normalized spacial score (nSPS) is 8.89. The minimum Gasteiger partial charge on any atom is -0.307 e. The number of rotatable bonds is 2. The van der Waals surface area contributed by atoms with Gasteiger partial charge in [-0.05, 0) is 6.54 Å². The first kappa shape index (κ1) is 8.52. The van der Waals surface area contributed by atoms with Gasteiger partial charge in [-0.2, -0.15) is 0 Å². The van der Waals surface area contributed by atoms with E-state index in [4.69, 9.17) is 0 Å². The Morgan fingerprint density at radius 1 is 1.44 bits per heavy atom. The lowest BCUT2D eigenvalue weighted by Gasteiger charge is -1.90. The van der Waals surface area contributed by atoms with E-state index in [1.807, 2.05) is 0 Å². The highest BCUT2D eigenvalue weighted by Gasteiger charge is 1.79. The lowest BCUT2D eigenvalue weighted by molar-refractivity contribution is 0.805. The summed E-state index contributed by atoms with van der Waals surface area (Å²) in [6.07, 6.45) is 0. The van der Waals surface area contributed by atoms with E-state index in [1.165, 1.54) is 0 Å². The highest BCUT2D eigenvalue weighted by atomic mass is 14.8. The van der Waals surface area contributed by atoms with E-state index in [2.05, 4.69) is 37.9 Å². The van der Waals surface area contributed by atoms with E-state index in [0.29, 0.717) is 5.92 Å². The van der Waals surface area contributed by atoms with Crippen LogP contribution in [0, 0.1) is 17.8 Å². The predicted molar refractivity (Wildman–Crippen MR) is 41.2 cm³/mol. The minimum absolute atomic E-state index is 0.503. The molecule has 1 heteroatoms. The molecule has 0 aliphatic heterocycles. The van der Waals surface area contributed by atoms with Crippen molar-refractivity contribution in [3.63, 3.8) is 0 Å². The van der Waals surface area contributed by atoms with E-state index in [-0.39, 0.29) is 0 Å². The molecule has 0 radical (unpaired) electrons. The molecule has 0 unspecified atom stereocenters. The lowest BCUT2D eigenvalue weighted by atomic mass is 10.2. The summed E-state index contributed by atoms with van der Waals surface area (Å²) in [5.41, 5.74) is 0. The number of hydrogen-bond acceptors (Lipinski definition) is 1. The zero-order valence-corrected chi connectivity index (χ0v) is 6.49. The summed E-state index contributed by atoms with van der Waals surface area (Å²) in [5.74, 6) is 6.60. The third-order valence-corrected chi connectivity index (χ3v) is 0.854. The second-order valence-electron chi connectivity index (χ2n) is 2.26. The summed E-state index contributed by atoms with van der Waals surface area (Å²) in [5, 5.41) is 3.13. The molecule has 0 spiro atoms. The van der Waals surface area contributed by atoms with Crippen molar-refractivity contribution in [2.24, 2.45) is 5.92 Å². The zero-order chi connectivity index (χ0) is 7.11. The zero-order valence-electron chi connectivity index (χ0n) is 6.49. The van der Waals surface area contributed by atoms with Crippen LogP contribution in [0.4, 0.5) is 0 Å². The molecule has 0 amide bonds. The molecule has 0 fully saturated rings. The predicted octanol–water partition coefficient (Wildman–Crippen LogP) is 1.26. The van der Waals surface area contributed by atoms with Crippen molar-refractivity contribution in [3.05, 3.63) is 0 Å². The average Bonchev–Trinajstić information content (AvgIpc) is 1.80. The summed E-state index contributed by atoms with van der Waals surface area (Å²) < 4.78 is 0. The topological polar surface area (TPSA) is 12.0 Å². The van der Waals surface area contributed by atoms with Crippen molar-refractivity contribution in [2.75, 3.05) is 13.1 Å². The standard InChI is InChI=1S/C8H15N/c1-4-9-7-5-6-8(2)3/h8-9H,4,7H2,1-3H3. The van der Waals surface area contributed by atoms with Gasteiger partial charge in [0, 0.05) is 5.92 Å². The van der Waals surface area contributed by atoms with Crippen LogP contribution in [0.3, 0.4) is 0 Å². The van der Waals surface area contributed by atoms with E-state index in [1.54, 1.807) is 0 Å². The van der Waals surface area contributed by atoms with Gasteiger partial charge in [0.1, 0.15) is 0 Å². The molecular formula is C8H15N. The Balaban J connectivity index is 3.16. The molecule has 52 valence electrons. The molecule has 0 aliphatic carbocycles. The Morgan fingerprint density at radius 3 is 2.56 bits per heavy atom. The van der Waals surface area contributed by atoms with Crippen LogP contribution >= 0.6 is 0 Å². The molecule has 1 nitrogen and oxygen atoms in total. The van der Waals surface area contributed by atoms with Crippen molar-refractivity contribution in [1.29, 1.82) is 0 Å². The van der Waals surface area contributed by atoms with Gasteiger partial charge >= 0.3 is 0 Å². The van der Waals surface area contributed by atoms with Crippen LogP contribution in [0.2, 0.25) is 0 Å². The van der Waals surface area contributed by atoms with E-state index >= 15 is 0 Å². The van der Waals surface area contributed by atoms with Gasteiger partial charge in [0.05, 0.1) is 6.54 Å². The van der Waals surface area contributed by atoms with Gasteiger partial charge in [-0.1, -0.05) is 32.6 Å². The van der Waals surface area contributed by atoms with E-state index < -0.39 is 0 Å². The maximum Gasteiger partial charge on any atom is 0.0576 e. The van der Waals surface area contributed by atoms with Crippen LogP contribution < -0.4 is 5.32 Å². The largest absolute Gasteiger partial charge is 0.307 e. The highest BCUT2D eigenvalue weighted by Crippen LogP contribution is 1.84. The van der Waals surface area contributed by atoms with Crippen molar-refractivity contribution in [1.82, 2.24) is 5.32 Å². The Morgan fingerprint density at radius 2 is 2.11 bits per heavy atom. The molecule has 0 aromatic heterocycles. The fourth-order valence-corrected chi connectivity index (χ4v) is 0.443. The summed E-state index contributed by atoms with van der Waals surface area (Å²) in [6.45, 7) is 8.11. The molecule has 9 heavy (non-hydrogen) atoms. The van der Waals surface area contributed by atoms with Gasteiger partial charge in [-0.25, -0.2) is 0 Å². The summed E-state index contributed by atoms with van der Waals surface area (Å²) in [4.78, 5) is 0. The molecule has 1 N–H and O–H groups in total. The van der Waals surface area contributed by atoms with Crippen LogP contribution in [-0.4, -0.2) is 13.1 Å². The third-order valence-electron chi connectivity index (χ3n) is 0.854. The fourth-order valence-electron chi connectivity index (χ4n) is 0.443. The monoisotopic (exact) mass is 125 g/mol. The highest BCUT2D eigenvalue weighted by molar-refractivity contribution is 5.02. The molecule has 0 atom stereocenters. The summed E-state index contributed by atoms with van der Waals surface area (Å²) in [7, 11) is 0. The van der Waals surface area contributed by atoms with Crippen molar-refractivity contribution in [3.8, 4) is 11.8 Å². The Labute approximate surface area is 57.8 Å². The van der Waals surface area contributed by atoms with Crippen molar-refractivity contribution >= 4 is 0 Å². The van der Waals surface area contributed by atoms with Crippen molar-refractivity contribution in [2.45, 2.75) is 20.8 Å². The first-order valence-corrected chi connectivity index (χ1v) is 3.46. The van der Waals surface area contributed by atoms with Gasteiger partial charge in [0.25, 0.3) is 0 Å². The van der Waals surface area contributed by atoms with E-state index in [9.17, 15) is 0 Å². The molecule has 0 rings (SSSR count). The molecule has 0 bridgehead atoms.